The average Bonchev–Trinajstić information content (AvgIpc) is 2.84. The number of aliphatic hydroxyl groups excluding tert-OH is 1. The van der Waals surface area contributed by atoms with Crippen molar-refractivity contribution in [2.75, 3.05) is 13.2 Å². The van der Waals surface area contributed by atoms with Gasteiger partial charge >= 0.3 is 0 Å². The highest BCUT2D eigenvalue weighted by atomic mass is 32.1. The predicted octanol–water partition coefficient (Wildman–Crippen LogP) is 2.42. The SMILES string of the molecule is OCCCNCc1csc(-c2ccc(F)cc2)n1. The third kappa shape index (κ3) is 3.60. The molecule has 0 fully saturated rings. The van der Waals surface area contributed by atoms with Crippen LogP contribution in [0.5, 0.6) is 0 Å². The summed E-state index contributed by atoms with van der Waals surface area (Å²) in [6.45, 7) is 1.67. The summed E-state index contributed by atoms with van der Waals surface area (Å²) in [6, 6.07) is 6.35. The maximum Gasteiger partial charge on any atom is 0.123 e. The molecule has 2 rings (SSSR count). The van der Waals surface area contributed by atoms with Crippen molar-refractivity contribution in [3.63, 3.8) is 0 Å². The Morgan fingerprint density at radius 1 is 1.28 bits per heavy atom. The Labute approximate surface area is 109 Å². The predicted molar refractivity (Wildman–Crippen MR) is 70.9 cm³/mol. The molecule has 0 spiro atoms. The molecule has 2 aromatic rings. The first-order valence-corrected chi connectivity index (χ1v) is 6.69. The van der Waals surface area contributed by atoms with E-state index in [2.05, 4.69) is 10.3 Å². The van der Waals surface area contributed by atoms with E-state index in [0.29, 0.717) is 6.54 Å². The van der Waals surface area contributed by atoms with Crippen LogP contribution in [0.3, 0.4) is 0 Å². The summed E-state index contributed by atoms with van der Waals surface area (Å²) in [6.07, 6.45) is 0.745. The van der Waals surface area contributed by atoms with Gasteiger partial charge < -0.3 is 10.4 Å². The summed E-state index contributed by atoms with van der Waals surface area (Å²) in [5.41, 5.74) is 1.90. The Morgan fingerprint density at radius 2 is 2.06 bits per heavy atom. The molecule has 0 aliphatic carbocycles. The maximum atomic E-state index is 12.8. The molecular formula is C13H15FN2OS. The number of hydrogen-bond acceptors (Lipinski definition) is 4. The molecule has 0 atom stereocenters. The highest BCUT2D eigenvalue weighted by Gasteiger charge is 2.04. The van der Waals surface area contributed by atoms with Gasteiger partial charge in [-0.3, -0.25) is 0 Å². The molecule has 1 aromatic carbocycles. The molecule has 3 nitrogen and oxygen atoms in total. The van der Waals surface area contributed by atoms with Gasteiger partial charge in [-0.25, -0.2) is 9.37 Å². The molecule has 0 saturated carbocycles. The molecular weight excluding hydrogens is 251 g/mol. The first-order valence-electron chi connectivity index (χ1n) is 5.81. The number of nitrogens with one attached hydrogen (secondary N) is 1. The Bertz CT molecular complexity index is 484. The topological polar surface area (TPSA) is 45.1 Å². The normalized spacial score (nSPS) is 10.8. The zero-order chi connectivity index (χ0) is 12.8. The Kier molecular flexibility index (Phi) is 4.81. The number of thiazole rings is 1. The molecule has 0 unspecified atom stereocenters. The summed E-state index contributed by atoms with van der Waals surface area (Å²) in [7, 11) is 0. The van der Waals surface area contributed by atoms with Crippen molar-refractivity contribution in [2.45, 2.75) is 13.0 Å². The van der Waals surface area contributed by atoms with E-state index in [9.17, 15) is 4.39 Å². The standard InChI is InChI=1S/C13H15FN2OS/c14-11-4-2-10(3-5-11)13-16-12(9-18-13)8-15-6-1-7-17/h2-5,9,15,17H,1,6-8H2. The lowest BCUT2D eigenvalue weighted by molar-refractivity contribution is 0.286. The molecule has 18 heavy (non-hydrogen) atoms. The van der Waals surface area contributed by atoms with Crippen LogP contribution in [0.2, 0.25) is 0 Å². The molecule has 0 saturated heterocycles. The maximum absolute atomic E-state index is 12.8. The van der Waals surface area contributed by atoms with Gasteiger partial charge in [-0.05, 0) is 37.2 Å². The summed E-state index contributed by atoms with van der Waals surface area (Å²) >= 11 is 1.55. The van der Waals surface area contributed by atoms with Crippen molar-refractivity contribution < 1.29 is 9.50 Å². The fourth-order valence-corrected chi connectivity index (χ4v) is 2.36. The molecule has 1 heterocycles. The van der Waals surface area contributed by atoms with Gasteiger partial charge in [-0.1, -0.05) is 0 Å². The number of halogens is 1. The Morgan fingerprint density at radius 3 is 2.78 bits per heavy atom. The third-order valence-corrected chi connectivity index (χ3v) is 3.40. The first kappa shape index (κ1) is 13.1. The number of aliphatic hydroxyl groups is 1. The van der Waals surface area contributed by atoms with Crippen molar-refractivity contribution in [2.24, 2.45) is 0 Å². The first-order chi connectivity index (χ1) is 8.79. The van der Waals surface area contributed by atoms with Crippen LogP contribution in [0, 0.1) is 5.82 Å². The van der Waals surface area contributed by atoms with Gasteiger partial charge in [0.25, 0.3) is 0 Å². The molecule has 5 heteroatoms. The van der Waals surface area contributed by atoms with E-state index in [4.69, 9.17) is 5.11 Å². The minimum atomic E-state index is -0.235. The van der Waals surface area contributed by atoms with E-state index >= 15 is 0 Å². The smallest absolute Gasteiger partial charge is 0.123 e. The molecule has 1 aromatic heterocycles. The fourth-order valence-electron chi connectivity index (χ4n) is 1.53. The second-order valence-corrected chi connectivity index (χ2v) is 4.76. The van der Waals surface area contributed by atoms with Gasteiger partial charge in [0, 0.05) is 24.1 Å². The van der Waals surface area contributed by atoms with Crippen LogP contribution in [-0.4, -0.2) is 23.2 Å². The largest absolute Gasteiger partial charge is 0.396 e. The third-order valence-electron chi connectivity index (χ3n) is 2.46. The molecule has 0 amide bonds. The zero-order valence-electron chi connectivity index (χ0n) is 9.90. The van der Waals surface area contributed by atoms with E-state index in [-0.39, 0.29) is 12.4 Å². The lowest BCUT2D eigenvalue weighted by Gasteiger charge is -2.00. The fraction of sp³-hybridized carbons (Fsp3) is 0.308. The van der Waals surface area contributed by atoms with Gasteiger partial charge in [0.2, 0.25) is 0 Å². The van der Waals surface area contributed by atoms with Crippen LogP contribution in [0.15, 0.2) is 29.6 Å². The van der Waals surface area contributed by atoms with Crippen molar-refractivity contribution in [3.05, 3.63) is 41.2 Å². The van der Waals surface area contributed by atoms with Crippen LogP contribution in [0.25, 0.3) is 10.6 Å². The van der Waals surface area contributed by atoms with Crippen LogP contribution in [0.1, 0.15) is 12.1 Å². The van der Waals surface area contributed by atoms with Crippen molar-refractivity contribution in [1.29, 1.82) is 0 Å². The number of hydrogen-bond donors (Lipinski definition) is 2. The van der Waals surface area contributed by atoms with Crippen LogP contribution in [-0.2, 0) is 6.54 Å². The van der Waals surface area contributed by atoms with E-state index in [1.807, 2.05) is 5.38 Å². The van der Waals surface area contributed by atoms with Gasteiger partial charge in [0.15, 0.2) is 0 Å². The van der Waals surface area contributed by atoms with Gasteiger partial charge in [0.05, 0.1) is 5.69 Å². The molecule has 0 bridgehead atoms. The molecule has 96 valence electrons. The van der Waals surface area contributed by atoms with Crippen molar-refractivity contribution >= 4 is 11.3 Å². The highest BCUT2D eigenvalue weighted by molar-refractivity contribution is 7.13. The number of benzene rings is 1. The summed E-state index contributed by atoms with van der Waals surface area (Å²) in [4.78, 5) is 4.48. The minimum absolute atomic E-state index is 0.199. The Balaban J connectivity index is 1.95. The van der Waals surface area contributed by atoms with Gasteiger partial charge in [-0.2, -0.15) is 0 Å². The zero-order valence-corrected chi connectivity index (χ0v) is 10.7. The quantitative estimate of drug-likeness (QED) is 0.789. The summed E-state index contributed by atoms with van der Waals surface area (Å²) in [5, 5.41) is 14.7. The second-order valence-electron chi connectivity index (χ2n) is 3.90. The van der Waals surface area contributed by atoms with Crippen molar-refractivity contribution in [3.8, 4) is 10.6 Å². The van der Waals surface area contributed by atoms with Crippen LogP contribution in [0.4, 0.5) is 4.39 Å². The lowest BCUT2D eigenvalue weighted by atomic mass is 10.2. The average molecular weight is 266 g/mol. The summed E-state index contributed by atoms with van der Waals surface area (Å²) < 4.78 is 12.8. The lowest BCUT2D eigenvalue weighted by Crippen LogP contribution is -2.15. The van der Waals surface area contributed by atoms with E-state index in [1.165, 1.54) is 12.1 Å². The van der Waals surface area contributed by atoms with E-state index in [1.54, 1.807) is 23.5 Å². The molecule has 0 radical (unpaired) electrons. The Hall–Kier alpha value is -1.30. The summed E-state index contributed by atoms with van der Waals surface area (Å²) in [5.74, 6) is -0.235. The number of nitrogens with zero attached hydrogens (tertiary/aromatic N) is 1. The van der Waals surface area contributed by atoms with Crippen molar-refractivity contribution in [1.82, 2.24) is 10.3 Å². The highest BCUT2D eigenvalue weighted by Crippen LogP contribution is 2.23. The number of aromatic nitrogens is 1. The van der Waals surface area contributed by atoms with E-state index in [0.717, 1.165) is 29.2 Å². The van der Waals surface area contributed by atoms with Crippen LogP contribution < -0.4 is 5.32 Å². The monoisotopic (exact) mass is 266 g/mol. The number of rotatable bonds is 6. The van der Waals surface area contributed by atoms with Gasteiger partial charge in [0.1, 0.15) is 10.8 Å². The molecule has 0 aliphatic heterocycles. The molecule has 0 aliphatic rings. The minimum Gasteiger partial charge on any atom is -0.396 e. The second kappa shape index (κ2) is 6.58. The van der Waals surface area contributed by atoms with Crippen LogP contribution >= 0.6 is 11.3 Å². The molecule has 2 N–H and O–H groups in total. The van der Waals surface area contributed by atoms with E-state index < -0.39 is 0 Å². The van der Waals surface area contributed by atoms with Gasteiger partial charge in [-0.15, -0.1) is 11.3 Å².